The molecule has 0 spiro atoms. The first-order valence-electron chi connectivity index (χ1n) is 13.0. The second-order valence-corrected chi connectivity index (χ2v) is 13.0. The molecule has 0 saturated heterocycles. The highest BCUT2D eigenvalue weighted by Crippen LogP contribution is 2.62. The highest BCUT2D eigenvalue weighted by atomic mass is 35.5. The number of rotatable bonds is 9. The second-order valence-electron chi connectivity index (χ2n) is 10.8. The van der Waals surface area contributed by atoms with Gasteiger partial charge in [0.15, 0.2) is 5.82 Å². The van der Waals surface area contributed by atoms with Gasteiger partial charge in [-0.25, -0.2) is 14.2 Å². The van der Waals surface area contributed by atoms with Crippen molar-refractivity contribution in [2.75, 3.05) is 6.61 Å². The van der Waals surface area contributed by atoms with E-state index in [0.717, 1.165) is 23.1 Å². The summed E-state index contributed by atoms with van der Waals surface area (Å²) < 4.78 is 21.0. The number of benzene rings is 3. The Morgan fingerprint density at radius 1 is 1.14 bits per heavy atom. The van der Waals surface area contributed by atoms with Gasteiger partial charge in [-0.1, -0.05) is 67.7 Å². The lowest BCUT2D eigenvalue weighted by molar-refractivity contribution is 0.0696. The van der Waals surface area contributed by atoms with Crippen LogP contribution < -0.4 is 4.74 Å². The topological polar surface area (TPSA) is 104 Å². The van der Waals surface area contributed by atoms with Crippen LogP contribution in [0.5, 0.6) is 5.75 Å². The average molecular weight is 648 g/mol. The first-order valence-corrected chi connectivity index (χ1v) is 15.0. The molecule has 0 bridgehead atoms. The van der Waals surface area contributed by atoms with Crippen molar-refractivity contribution in [2.24, 2.45) is 5.92 Å². The van der Waals surface area contributed by atoms with Gasteiger partial charge in [-0.05, 0) is 48.4 Å². The Morgan fingerprint density at radius 2 is 1.83 bits per heavy atom. The lowest BCUT2D eigenvalue weighted by Crippen LogP contribution is -2.17. The van der Waals surface area contributed by atoms with Crippen LogP contribution in [-0.4, -0.2) is 33.5 Å². The van der Waals surface area contributed by atoms with Gasteiger partial charge in [0, 0.05) is 27.8 Å². The van der Waals surface area contributed by atoms with Crippen LogP contribution in [0.15, 0.2) is 59.9 Å². The van der Waals surface area contributed by atoms with Crippen LogP contribution in [0.25, 0.3) is 10.2 Å². The maximum Gasteiger partial charge on any atom is 0.335 e. The van der Waals surface area contributed by atoms with Gasteiger partial charge in [0.2, 0.25) is 0 Å². The standard InChI is InChI=1S/C31H26Cl3FN2O4S/c1-14(2)28(38)17(26(36)25-20(32)5-4-6-21(25)33)13-41-16-7-8-18(22(34)11-16)31(3)12-19(31)29-37-27-23(35)9-15(30(39)40)10-24(27)42-29/h4-11,14,19,36,38H,12-13H2,1-3H3,(H,39,40)/b28-17-,36-26?. The first kappa shape index (κ1) is 30.3. The number of thiazole rings is 1. The number of aliphatic hydroxyl groups excluding tert-OH is 1. The Kier molecular flexibility index (Phi) is 8.29. The molecule has 1 aromatic heterocycles. The van der Waals surface area contributed by atoms with Crippen LogP contribution in [-0.2, 0) is 5.41 Å². The third-order valence-corrected chi connectivity index (χ3v) is 9.62. The van der Waals surface area contributed by atoms with Gasteiger partial charge in [0.05, 0.1) is 36.6 Å². The Hall–Kier alpha value is -3.17. The number of aliphatic hydroxyl groups is 1. The molecule has 1 aliphatic carbocycles. The van der Waals surface area contributed by atoms with E-state index in [0.29, 0.717) is 31.1 Å². The molecule has 6 nitrogen and oxygen atoms in total. The van der Waals surface area contributed by atoms with Crippen molar-refractivity contribution >= 4 is 68.0 Å². The van der Waals surface area contributed by atoms with Crippen molar-refractivity contribution < 1.29 is 24.1 Å². The zero-order chi connectivity index (χ0) is 30.5. The Balaban J connectivity index is 1.36. The van der Waals surface area contributed by atoms with Gasteiger partial charge in [-0.15, -0.1) is 11.3 Å². The fourth-order valence-electron chi connectivity index (χ4n) is 5.02. The highest BCUT2D eigenvalue weighted by molar-refractivity contribution is 7.18. The molecule has 2 unspecified atom stereocenters. The summed E-state index contributed by atoms with van der Waals surface area (Å²) in [5.41, 5.74) is 1.11. The summed E-state index contributed by atoms with van der Waals surface area (Å²) in [6.45, 7) is 5.55. The number of carboxylic acid groups (broad SMARTS) is 1. The smallest absolute Gasteiger partial charge is 0.335 e. The van der Waals surface area contributed by atoms with E-state index in [9.17, 15) is 19.4 Å². The number of allylic oxidation sites excluding steroid dienone is 1. The van der Waals surface area contributed by atoms with Crippen LogP contribution in [0, 0.1) is 17.1 Å². The molecule has 11 heteroatoms. The lowest BCUT2D eigenvalue weighted by Gasteiger charge is -2.18. The minimum Gasteiger partial charge on any atom is -0.512 e. The van der Waals surface area contributed by atoms with Gasteiger partial charge in [-0.3, -0.25) is 5.41 Å². The minimum atomic E-state index is -1.19. The maximum absolute atomic E-state index is 14.5. The molecule has 2 atom stereocenters. The van der Waals surface area contributed by atoms with Crippen molar-refractivity contribution in [3.8, 4) is 5.75 Å². The molecule has 1 saturated carbocycles. The number of aromatic carboxylic acids is 1. The van der Waals surface area contributed by atoms with E-state index in [1.165, 1.54) is 17.4 Å². The number of hydrogen-bond acceptors (Lipinski definition) is 6. The summed E-state index contributed by atoms with van der Waals surface area (Å²) in [4.78, 5) is 15.8. The highest BCUT2D eigenvalue weighted by Gasteiger charge is 2.54. The number of ether oxygens (including phenoxy) is 1. The van der Waals surface area contributed by atoms with E-state index >= 15 is 0 Å². The molecule has 3 aromatic carbocycles. The van der Waals surface area contributed by atoms with E-state index in [1.54, 1.807) is 44.2 Å². The minimum absolute atomic E-state index is 0.00483. The van der Waals surface area contributed by atoms with Crippen LogP contribution >= 0.6 is 46.1 Å². The predicted molar refractivity (Wildman–Crippen MR) is 166 cm³/mol. The van der Waals surface area contributed by atoms with Crippen molar-refractivity contribution in [1.82, 2.24) is 4.98 Å². The zero-order valence-electron chi connectivity index (χ0n) is 22.8. The second kappa shape index (κ2) is 11.5. The van der Waals surface area contributed by atoms with Crippen LogP contribution in [0.4, 0.5) is 4.39 Å². The number of nitrogens with one attached hydrogen (secondary N) is 1. The number of carbonyl (C=O) groups is 1. The van der Waals surface area contributed by atoms with E-state index < -0.39 is 11.8 Å². The van der Waals surface area contributed by atoms with Crippen molar-refractivity contribution in [1.29, 1.82) is 5.41 Å². The molecule has 3 N–H and O–H groups in total. The summed E-state index contributed by atoms with van der Waals surface area (Å²) in [6, 6.07) is 12.7. The van der Waals surface area contributed by atoms with Gasteiger partial charge < -0.3 is 14.9 Å². The van der Waals surface area contributed by atoms with Crippen LogP contribution in [0.2, 0.25) is 15.1 Å². The fourth-order valence-corrected chi connectivity index (χ4v) is 7.26. The zero-order valence-corrected chi connectivity index (χ0v) is 25.9. The number of hydrogen-bond donors (Lipinski definition) is 3. The maximum atomic E-state index is 14.5. The number of nitrogens with zero attached hydrogens (tertiary/aromatic N) is 1. The summed E-state index contributed by atoms with van der Waals surface area (Å²) in [6.07, 6.45) is 0.741. The molecule has 0 radical (unpaired) electrons. The van der Waals surface area contributed by atoms with Crippen molar-refractivity contribution in [3.63, 3.8) is 0 Å². The quantitative estimate of drug-likeness (QED) is 0.124. The monoisotopic (exact) mass is 646 g/mol. The summed E-state index contributed by atoms with van der Waals surface area (Å²) in [5.74, 6) is -1.69. The lowest BCUT2D eigenvalue weighted by atomic mass is 9.95. The number of carboxylic acids is 1. The molecular formula is C31H26Cl3FN2O4S. The molecule has 1 fully saturated rings. The Bertz CT molecular complexity index is 1770. The van der Waals surface area contributed by atoms with Gasteiger partial charge in [-0.2, -0.15) is 0 Å². The van der Waals surface area contributed by atoms with Crippen molar-refractivity contribution in [3.05, 3.63) is 102 Å². The van der Waals surface area contributed by atoms with E-state index in [4.69, 9.17) is 44.9 Å². The molecule has 5 rings (SSSR count). The van der Waals surface area contributed by atoms with Crippen LogP contribution in [0.1, 0.15) is 59.6 Å². The molecule has 1 aliphatic rings. The molecular weight excluding hydrogens is 622 g/mol. The van der Waals surface area contributed by atoms with Gasteiger partial charge in [0.25, 0.3) is 0 Å². The normalized spacial score (nSPS) is 18.7. The van der Waals surface area contributed by atoms with E-state index in [-0.39, 0.29) is 52.0 Å². The SMILES string of the molecule is CC(C)/C(O)=C(\COc1ccc(C2(C)CC2c2nc3c(F)cc(C(=O)O)cc3s2)c(Cl)c1)C(=N)c1c(Cl)cccc1Cl. The molecule has 218 valence electrons. The fraction of sp³-hybridized carbons (Fsp3) is 0.258. The van der Waals surface area contributed by atoms with Gasteiger partial charge >= 0.3 is 5.97 Å². The van der Waals surface area contributed by atoms with Crippen LogP contribution in [0.3, 0.4) is 0 Å². The van der Waals surface area contributed by atoms with Crippen molar-refractivity contribution in [2.45, 2.75) is 38.5 Å². The van der Waals surface area contributed by atoms with E-state index in [2.05, 4.69) is 11.9 Å². The molecule has 1 heterocycles. The first-order chi connectivity index (χ1) is 19.8. The Labute approximate surface area is 260 Å². The Morgan fingerprint density at radius 3 is 2.45 bits per heavy atom. The number of halogens is 4. The molecule has 0 aliphatic heterocycles. The summed E-state index contributed by atoms with van der Waals surface area (Å²) in [5, 5.41) is 30.6. The summed E-state index contributed by atoms with van der Waals surface area (Å²) in [7, 11) is 0. The van der Waals surface area contributed by atoms with Gasteiger partial charge in [0.1, 0.15) is 23.6 Å². The predicted octanol–water partition coefficient (Wildman–Crippen LogP) is 9.45. The average Bonchev–Trinajstić information content (AvgIpc) is 3.41. The largest absolute Gasteiger partial charge is 0.512 e. The molecule has 42 heavy (non-hydrogen) atoms. The third kappa shape index (κ3) is 5.61. The number of aromatic nitrogens is 1. The summed E-state index contributed by atoms with van der Waals surface area (Å²) >= 11 is 20.7. The third-order valence-electron chi connectivity index (χ3n) is 7.56. The number of fused-ring (bicyclic) bond motifs is 1. The molecule has 4 aromatic rings. The molecule has 0 amide bonds. The van der Waals surface area contributed by atoms with E-state index in [1.807, 2.05) is 6.07 Å².